The van der Waals surface area contributed by atoms with E-state index < -0.39 is 17.3 Å². The molecule has 0 spiro atoms. The van der Waals surface area contributed by atoms with Crippen molar-refractivity contribution in [3.8, 4) is 0 Å². The van der Waals surface area contributed by atoms with Gasteiger partial charge in [0.05, 0.1) is 18.1 Å². The number of carbonyl (C=O) groups is 2. The summed E-state index contributed by atoms with van der Waals surface area (Å²) in [7, 11) is 0. The molecule has 0 saturated carbocycles. The van der Waals surface area contributed by atoms with Gasteiger partial charge in [0.2, 0.25) is 11.8 Å². The molecule has 2 amide bonds. The fourth-order valence-electron chi connectivity index (χ4n) is 2.86. The Kier molecular flexibility index (Phi) is 4.42. The number of halogens is 1. The van der Waals surface area contributed by atoms with Crippen molar-refractivity contribution in [1.29, 1.82) is 0 Å². The number of aliphatic hydroxyl groups is 1. The lowest BCUT2D eigenvalue weighted by atomic mass is 9.81. The highest BCUT2D eigenvalue weighted by Crippen LogP contribution is 2.39. The predicted molar refractivity (Wildman–Crippen MR) is 75.7 cm³/mol. The maximum absolute atomic E-state index is 13.6. The first-order chi connectivity index (χ1) is 9.95. The zero-order valence-corrected chi connectivity index (χ0v) is 12.3. The fraction of sp³-hybridized carbons (Fsp3) is 0.500. The van der Waals surface area contributed by atoms with Crippen LogP contribution >= 0.6 is 0 Å². The van der Waals surface area contributed by atoms with Gasteiger partial charge in [-0.15, -0.1) is 0 Å². The summed E-state index contributed by atoms with van der Waals surface area (Å²) >= 11 is 0. The van der Waals surface area contributed by atoms with Crippen molar-refractivity contribution in [3.05, 3.63) is 35.6 Å². The van der Waals surface area contributed by atoms with Gasteiger partial charge in [0.25, 0.3) is 0 Å². The number of hydrogen-bond donors (Lipinski definition) is 1. The molecule has 1 saturated heterocycles. The van der Waals surface area contributed by atoms with Gasteiger partial charge in [-0.05, 0) is 18.9 Å². The van der Waals surface area contributed by atoms with E-state index in [0.29, 0.717) is 12.8 Å². The highest BCUT2D eigenvalue weighted by Gasteiger charge is 2.49. The maximum atomic E-state index is 13.6. The van der Waals surface area contributed by atoms with E-state index >= 15 is 0 Å². The number of imide groups is 1. The summed E-state index contributed by atoms with van der Waals surface area (Å²) in [5, 5.41) is 10.1. The van der Waals surface area contributed by atoms with Crippen molar-refractivity contribution >= 4 is 11.8 Å². The molecule has 4 nitrogen and oxygen atoms in total. The lowest BCUT2D eigenvalue weighted by Crippen LogP contribution is -2.38. The summed E-state index contributed by atoms with van der Waals surface area (Å²) in [5.74, 6) is -1.09. The van der Waals surface area contributed by atoms with Crippen LogP contribution in [0.15, 0.2) is 24.3 Å². The average molecular weight is 293 g/mol. The third kappa shape index (κ3) is 2.70. The van der Waals surface area contributed by atoms with Gasteiger partial charge in [0.1, 0.15) is 5.82 Å². The molecule has 1 atom stereocenters. The topological polar surface area (TPSA) is 57.6 Å². The van der Waals surface area contributed by atoms with E-state index in [1.807, 2.05) is 13.8 Å². The molecule has 1 heterocycles. The van der Waals surface area contributed by atoms with Crippen LogP contribution in [-0.4, -0.2) is 28.4 Å². The largest absolute Gasteiger partial charge is 0.386 e. The van der Waals surface area contributed by atoms with Crippen LogP contribution in [0.4, 0.5) is 4.39 Å². The molecule has 114 valence electrons. The van der Waals surface area contributed by atoms with Gasteiger partial charge >= 0.3 is 0 Å². The number of hydrogen-bond acceptors (Lipinski definition) is 3. The number of likely N-dealkylation sites (tertiary alicyclic amines) is 1. The third-order valence-corrected chi connectivity index (χ3v) is 4.46. The van der Waals surface area contributed by atoms with Crippen LogP contribution in [-0.2, 0) is 9.59 Å². The van der Waals surface area contributed by atoms with Gasteiger partial charge in [-0.25, -0.2) is 4.39 Å². The Morgan fingerprint density at radius 1 is 1.29 bits per heavy atom. The molecule has 21 heavy (non-hydrogen) atoms. The number of rotatable bonds is 5. The van der Waals surface area contributed by atoms with Crippen LogP contribution in [0.1, 0.15) is 44.8 Å². The third-order valence-electron chi connectivity index (χ3n) is 4.46. The van der Waals surface area contributed by atoms with Crippen molar-refractivity contribution < 1.29 is 19.1 Å². The first-order valence-electron chi connectivity index (χ1n) is 7.22. The van der Waals surface area contributed by atoms with Crippen LogP contribution in [0.5, 0.6) is 0 Å². The van der Waals surface area contributed by atoms with Crippen LogP contribution in [0.2, 0.25) is 0 Å². The number of benzene rings is 1. The molecule has 1 aliphatic rings. The molecule has 1 aromatic rings. The van der Waals surface area contributed by atoms with E-state index in [9.17, 15) is 19.1 Å². The molecule has 5 heteroatoms. The Morgan fingerprint density at radius 2 is 1.90 bits per heavy atom. The van der Waals surface area contributed by atoms with Crippen LogP contribution in [0.3, 0.4) is 0 Å². The number of β-amino-alcohol motifs (C(OH)–C–C–N with tert-alkyl or cyclic N) is 1. The Hall–Kier alpha value is -1.75. The molecule has 1 aromatic carbocycles. The predicted octanol–water partition coefficient (Wildman–Crippen LogP) is 2.42. The number of carbonyl (C=O) groups excluding carboxylic acids is 2. The van der Waals surface area contributed by atoms with Crippen LogP contribution in [0.25, 0.3) is 0 Å². The Morgan fingerprint density at radius 3 is 2.43 bits per heavy atom. The quantitative estimate of drug-likeness (QED) is 0.848. The van der Waals surface area contributed by atoms with Crippen molar-refractivity contribution in [2.75, 3.05) is 6.54 Å². The fourth-order valence-corrected chi connectivity index (χ4v) is 2.86. The zero-order valence-electron chi connectivity index (χ0n) is 12.3. The second kappa shape index (κ2) is 5.93. The molecule has 0 aromatic heterocycles. The normalized spacial score (nSPS) is 19.1. The molecule has 0 radical (unpaired) electrons. The molecular weight excluding hydrogens is 273 g/mol. The number of aliphatic hydroxyl groups excluding tert-OH is 1. The monoisotopic (exact) mass is 293 g/mol. The second-order valence-corrected chi connectivity index (χ2v) is 5.51. The van der Waals surface area contributed by atoms with Gasteiger partial charge in [-0.3, -0.25) is 14.5 Å². The molecule has 1 aliphatic heterocycles. The Labute approximate surface area is 123 Å². The summed E-state index contributed by atoms with van der Waals surface area (Å²) in [6.45, 7) is 3.57. The smallest absolute Gasteiger partial charge is 0.235 e. The standard InChI is InChI=1S/C16H20FNO3/c1-3-16(4-2)9-14(20)18(15(16)21)10-13(19)11-7-5-6-8-12(11)17/h5-8,13,19H,3-4,9-10H2,1-2H3/t13-/m0/s1. The van der Waals surface area contributed by atoms with Gasteiger partial charge in [0.15, 0.2) is 0 Å². The highest BCUT2D eigenvalue weighted by atomic mass is 19.1. The minimum atomic E-state index is -1.20. The van der Waals surface area contributed by atoms with Crippen LogP contribution in [0, 0.1) is 11.2 Å². The molecule has 1 N–H and O–H groups in total. The minimum Gasteiger partial charge on any atom is -0.386 e. The molecule has 1 fully saturated rings. The summed E-state index contributed by atoms with van der Waals surface area (Å²) in [6.07, 6.45) is 0.132. The van der Waals surface area contributed by atoms with Crippen molar-refractivity contribution in [3.63, 3.8) is 0 Å². The van der Waals surface area contributed by atoms with E-state index in [1.165, 1.54) is 18.2 Å². The van der Waals surface area contributed by atoms with Gasteiger partial charge < -0.3 is 5.11 Å². The average Bonchev–Trinajstić information content (AvgIpc) is 2.72. The van der Waals surface area contributed by atoms with Crippen molar-refractivity contribution in [2.24, 2.45) is 5.41 Å². The lowest BCUT2D eigenvalue weighted by Gasteiger charge is -2.25. The SMILES string of the molecule is CCC1(CC)CC(=O)N(C[C@H](O)c2ccccc2F)C1=O. The summed E-state index contributed by atoms with van der Waals surface area (Å²) < 4.78 is 13.6. The second-order valence-electron chi connectivity index (χ2n) is 5.51. The first-order valence-corrected chi connectivity index (χ1v) is 7.22. The molecular formula is C16H20FNO3. The maximum Gasteiger partial charge on any atom is 0.235 e. The Bertz CT molecular complexity index is 554. The van der Waals surface area contributed by atoms with Crippen LogP contribution < -0.4 is 0 Å². The van der Waals surface area contributed by atoms with Crippen molar-refractivity contribution in [1.82, 2.24) is 4.90 Å². The van der Waals surface area contributed by atoms with E-state index in [1.54, 1.807) is 6.07 Å². The summed E-state index contributed by atoms with van der Waals surface area (Å²) in [5.41, 5.74) is -0.560. The van der Waals surface area contributed by atoms with E-state index in [0.717, 1.165) is 4.90 Å². The van der Waals surface area contributed by atoms with E-state index in [-0.39, 0.29) is 30.3 Å². The Balaban J connectivity index is 2.18. The summed E-state index contributed by atoms with van der Waals surface area (Å²) in [4.78, 5) is 25.6. The van der Waals surface area contributed by atoms with Crippen molar-refractivity contribution in [2.45, 2.75) is 39.2 Å². The lowest BCUT2D eigenvalue weighted by molar-refractivity contribution is -0.143. The molecule has 0 bridgehead atoms. The molecule has 0 unspecified atom stereocenters. The zero-order chi connectivity index (χ0) is 15.6. The minimum absolute atomic E-state index is 0.101. The highest BCUT2D eigenvalue weighted by molar-refractivity contribution is 6.05. The first kappa shape index (κ1) is 15.6. The van der Waals surface area contributed by atoms with E-state index in [2.05, 4.69) is 0 Å². The van der Waals surface area contributed by atoms with Gasteiger partial charge in [0, 0.05) is 12.0 Å². The molecule has 2 rings (SSSR count). The van der Waals surface area contributed by atoms with Gasteiger partial charge in [-0.2, -0.15) is 0 Å². The molecule has 0 aliphatic carbocycles. The number of amides is 2. The number of nitrogens with zero attached hydrogens (tertiary/aromatic N) is 1. The van der Waals surface area contributed by atoms with Gasteiger partial charge in [-0.1, -0.05) is 32.0 Å². The van der Waals surface area contributed by atoms with E-state index in [4.69, 9.17) is 0 Å². The summed E-state index contributed by atoms with van der Waals surface area (Å²) in [6, 6.07) is 5.83.